The first kappa shape index (κ1) is 38.9. The summed E-state index contributed by atoms with van der Waals surface area (Å²) in [6.45, 7) is 4.67. The van der Waals surface area contributed by atoms with E-state index in [-0.39, 0.29) is 43.4 Å². The Morgan fingerprint density at radius 1 is 0.925 bits per heavy atom. The number of aromatic nitrogens is 2. The standard InChI is InChI=1S/C38H42F4N6O5/c1-3-53-33(49)15-16-44-35(50)28-12-7-9-26(21-28)22-45-17-19-46(20-18-45)34-25(2)47(23-29-30(38(40,41)42)13-8-14-31(29)39)37(52)48(36(34)51)24-32(43)27-10-5-4-6-11-27/h4-14,21,32H,3,15-20,22-24,43H2,1-2H3,(H,44,50). The second kappa shape index (κ2) is 17.0. The molecule has 1 aromatic heterocycles. The molecule has 0 spiro atoms. The second-order valence-corrected chi connectivity index (χ2v) is 12.8. The molecule has 1 amide bonds. The number of anilines is 1. The molecule has 3 N–H and O–H groups in total. The van der Waals surface area contributed by atoms with Crippen molar-refractivity contribution in [3.05, 3.63) is 133 Å². The van der Waals surface area contributed by atoms with E-state index >= 15 is 4.39 Å². The van der Waals surface area contributed by atoms with Gasteiger partial charge in [0.25, 0.3) is 11.5 Å². The number of nitrogens with two attached hydrogens (primary N) is 1. The topological polar surface area (TPSA) is 132 Å². The molecule has 15 heteroatoms. The highest BCUT2D eigenvalue weighted by atomic mass is 19.4. The van der Waals surface area contributed by atoms with Crippen LogP contribution in [0, 0.1) is 12.7 Å². The Bertz CT molecular complexity index is 2040. The van der Waals surface area contributed by atoms with E-state index < -0.39 is 52.9 Å². The van der Waals surface area contributed by atoms with Crippen LogP contribution in [0.5, 0.6) is 0 Å². The normalized spacial score (nSPS) is 14.2. The van der Waals surface area contributed by atoms with Crippen molar-refractivity contribution in [2.24, 2.45) is 5.73 Å². The summed E-state index contributed by atoms with van der Waals surface area (Å²) < 4.78 is 63.8. The zero-order valence-corrected chi connectivity index (χ0v) is 29.5. The molecule has 53 heavy (non-hydrogen) atoms. The Balaban J connectivity index is 1.39. The van der Waals surface area contributed by atoms with Gasteiger partial charge < -0.3 is 20.7 Å². The Kier molecular flexibility index (Phi) is 12.5. The predicted molar refractivity (Wildman–Crippen MR) is 191 cm³/mol. The van der Waals surface area contributed by atoms with Crippen LogP contribution in [0.15, 0.2) is 82.4 Å². The molecule has 1 saturated heterocycles. The minimum absolute atomic E-state index is 0.0587. The third kappa shape index (κ3) is 9.40. The number of ether oxygens (including phenoxy) is 1. The summed E-state index contributed by atoms with van der Waals surface area (Å²) in [5, 5.41) is 2.72. The van der Waals surface area contributed by atoms with Crippen LogP contribution in [0.25, 0.3) is 0 Å². The minimum atomic E-state index is -4.88. The number of piperazine rings is 1. The number of hydrogen-bond donors (Lipinski definition) is 2. The van der Waals surface area contributed by atoms with Crippen molar-refractivity contribution in [3.8, 4) is 0 Å². The number of rotatable bonds is 13. The average molecular weight is 739 g/mol. The van der Waals surface area contributed by atoms with E-state index in [0.717, 1.165) is 32.9 Å². The number of benzene rings is 3. The summed E-state index contributed by atoms with van der Waals surface area (Å²) in [6.07, 6.45) is -4.82. The maximum absolute atomic E-state index is 15.0. The van der Waals surface area contributed by atoms with Gasteiger partial charge in [0.1, 0.15) is 11.5 Å². The number of amides is 1. The van der Waals surface area contributed by atoms with Gasteiger partial charge in [-0.2, -0.15) is 13.2 Å². The van der Waals surface area contributed by atoms with Crippen LogP contribution in [0.2, 0.25) is 0 Å². The van der Waals surface area contributed by atoms with Gasteiger partial charge in [0.05, 0.1) is 31.7 Å². The second-order valence-electron chi connectivity index (χ2n) is 12.8. The maximum Gasteiger partial charge on any atom is 0.416 e. The average Bonchev–Trinajstić information content (AvgIpc) is 3.13. The van der Waals surface area contributed by atoms with E-state index in [1.165, 1.54) is 6.92 Å². The lowest BCUT2D eigenvalue weighted by atomic mass is 10.1. The first-order valence-corrected chi connectivity index (χ1v) is 17.3. The first-order valence-electron chi connectivity index (χ1n) is 17.3. The zero-order valence-electron chi connectivity index (χ0n) is 29.5. The molecule has 1 aliphatic rings. The van der Waals surface area contributed by atoms with E-state index in [4.69, 9.17) is 10.5 Å². The smallest absolute Gasteiger partial charge is 0.416 e. The molecule has 3 aromatic carbocycles. The fourth-order valence-electron chi connectivity index (χ4n) is 6.46. The van der Waals surface area contributed by atoms with E-state index in [1.54, 1.807) is 60.4 Å². The van der Waals surface area contributed by atoms with Crippen molar-refractivity contribution in [2.75, 3.05) is 44.2 Å². The third-order valence-electron chi connectivity index (χ3n) is 9.21. The van der Waals surface area contributed by atoms with E-state index in [1.807, 2.05) is 6.07 Å². The summed E-state index contributed by atoms with van der Waals surface area (Å²) >= 11 is 0. The lowest BCUT2D eigenvalue weighted by Crippen LogP contribution is -2.51. The molecule has 11 nitrogen and oxygen atoms in total. The van der Waals surface area contributed by atoms with Gasteiger partial charge in [0, 0.05) is 62.1 Å². The number of carbonyl (C=O) groups is 2. The van der Waals surface area contributed by atoms with E-state index in [9.17, 15) is 32.3 Å². The maximum atomic E-state index is 15.0. The van der Waals surface area contributed by atoms with Gasteiger partial charge in [-0.15, -0.1) is 0 Å². The lowest BCUT2D eigenvalue weighted by Gasteiger charge is -2.37. The van der Waals surface area contributed by atoms with Crippen LogP contribution in [0.1, 0.15) is 57.7 Å². The Morgan fingerprint density at radius 2 is 1.62 bits per heavy atom. The molecule has 0 aliphatic carbocycles. The molecular formula is C38H42F4N6O5. The molecule has 0 radical (unpaired) electrons. The van der Waals surface area contributed by atoms with Crippen molar-refractivity contribution in [2.45, 2.75) is 52.1 Å². The highest BCUT2D eigenvalue weighted by Crippen LogP contribution is 2.33. The largest absolute Gasteiger partial charge is 0.466 e. The molecule has 0 bridgehead atoms. The molecule has 0 saturated carbocycles. The number of esters is 1. The highest BCUT2D eigenvalue weighted by Gasteiger charge is 2.35. The van der Waals surface area contributed by atoms with Crippen LogP contribution < -0.4 is 27.2 Å². The third-order valence-corrected chi connectivity index (χ3v) is 9.21. The molecule has 1 fully saturated rings. The molecule has 282 valence electrons. The molecule has 1 unspecified atom stereocenters. The summed E-state index contributed by atoms with van der Waals surface area (Å²) in [4.78, 5) is 56.2. The highest BCUT2D eigenvalue weighted by molar-refractivity contribution is 5.94. The van der Waals surface area contributed by atoms with Crippen molar-refractivity contribution < 1.29 is 31.9 Å². The number of hydrogen-bond acceptors (Lipinski definition) is 8. The van der Waals surface area contributed by atoms with E-state index in [2.05, 4.69) is 10.2 Å². The molecule has 4 aromatic rings. The first-order chi connectivity index (χ1) is 25.3. The summed E-state index contributed by atoms with van der Waals surface area (Å²) in [5.41, 5.74) is 5.13. The molecular weight excluding hydrogens is 696 g/mol. The Labute approximate surface area is 303 Å². The summed E-state index contributed by atoms with van der Waals surface area (Å²) in [6, 6.07) is 17.7. The Morgan fingerprint density at radius 3 is 2.30 bits per heavy atom. The van der Waals surface area contributed by atoms with Crippen molar-refractivity contribution >= 4 is 17.6 Å². The Hall–Kier alpha value is -5.28. The van der Waals surface area contributed by atoms with Gasteiger partial charge in [0.2, 0.25) is 0 Å². The predicted octanol–water partition coefficient (Wildman–Crippen LogP) is 4.23. The van der Waals surface area contributed by atoms with Gasteiger partial charge in [0.15, 0.2) is 0 Å². The van der Waals surface area contributed by atoms with Crippen molar-refractivity contribution in [1.82, 2.24) is 19.4 Å². The monoisotopic (exact) mass is 738 g/mol. The van der Waals surface area contributed by atoms with Crippen LogP contribution in [-0.2, 0) is 35.3 Å². The van der Waals surface area contributed by atoms with Crippen LogP contribution in [0.4, 0.5) is 23.2 Å². The van der Waals surface area contributed by atoms with Crippen LogP contribution in [0.3, 0.4) is 0 Å². The van der Waals surface area contributed by atoms with Crippen molar-refractivity contribution in [1.29, 1.82) is 0 Å². The fraction of sp³-hybridized carbons (Fsp3) is 0.368. The lowest BCUT2D eigenvalue weighted by molar-refractivity contribution is -0.143. The van der Waals surface area contributed by atoms with Gasteiger partial charge in [-0.3, -0.25) is 28.4 Å². The van der Waals surface area contributed by atoms with Crippen LogP contribution in [-0.4, -0.2) is 65.2 Å². The minimum Gasteiger partial charge on any atom is -0.466 e. The van der Waals surface area contributed by atoms with Crippen molar-refractivity contribution in [3.63, 3.8) is 0 Å². The summed E-state index contributed by atoms with van der Waals surface area (Å²) in [7, 11) is 0. The number of halogens is 4. The van der Waals surface area contributed by atoms with Gasteiger partial charge in [-0.05, 0) is 49.2 Å². The zero-order chi connectivity index (χ0) is 38.3. The molecule has 1 atom stereocenters. The van der Waals surface area contributed by atoms with Crippen LogP contribution >= 0.6 is 0 Å². The van der Waals surface area contributed by atoms with E-state index in [0.29, 0.717) is 43.9 Å². The molecule has 1 aliphatic heterocycles. The number of nitrogens with zero attached hydrogens (tertiary/aromatic N) is 4. The SMILES string of the molecule is CCOC(=O)CCNC(=O)c1cccc(CN2CCN(c3c(C)n(Cc4c(F)cccc4C(F)(F)F)c(=O)n(CC(N)c4ccccc4)c3=O)CC2)c1. The quantitative estimate of drug-likeness (QED) is 0.154. The number of carbonyl (C=O) groups excluding carboxylic acids is 2. The summed E-state index contributed by atoms with van der Waals surface area (Å²) in [5.74, 6) is -1.85. The van der Waals surface area contributed by atoms with Gasteiger partial charge in [-0.25, -0.2) is 9.18 Å². The molecule has 2 heterocycles. The van der Waals surface area contributed by atoms with Gasteiger partial charge in [-0.1, -0.05) is 48.5 Å². The van der Waals surface area contributed by atoms with Gasteiger partial charge >= 0.3 is 17.8 Å². The fourth-order valence-corrected chi connectivity index (χ4v) is 6.46. The molecule has 5 rings (SSSR count). The number of nitrogens with one attached hydrogen (secondary N) is 1. The number of alkyl halides is 3.